The van der Waals surface area contributed by atoms with Crippen molar-refractivity contribution < 1.29 is 18.3 Å². The zero-order chi connectivity index (χ0) is 15.7. The SMILES string of the molecule is Cc1cc(=O)n(CCS(=O)(=O)N(C)C)c(C)c1C(=O)O. The lowest BCUT2D eigenvalue weighted by Gasteiger charge is -2.16. The van der Waals surface area contributed by atoms with Gasteiger partial charge in [-0.2, -0.15) is 0 Å². The zero-order valence-electron chi connectivity index (χ0n) is 11.9. The number of aromatic carboxylic acids is 1. The third-order valence-electron chi connectivity index (χ3n) is 3.11. The number of rotatable bonds is 5. The predicted molar refractivity (Wildman–Crippen MR) is 74.6 cm³/mol. The van der Waals surface area contributed by atoms with E-state index in [0.29, 0.717) is 5.56 Å². The van der Waals surface area contributed by atoms with Crippen LogP contribution in [0, 0.1) is 13.8 Å². The van der Waals surface area contributed by atoms with Gasteiger partial charge >= 0.3 is 5.97 Å². The number of sulfonamides is 1. The number of aromatic nitrogens is 1. The van der Waals surface area contributed by atoms with E-state index in [1.807, 2.05) is 0 Å². The minimum Gasteiger partial charge on any atom is -0.478 e. The van der Waals surface area contributed by atoms with E-state index < -0.39 is 21.6 Å². The van der Waals surface area contributed by atoms with Crippen LogP contribution in [0.3, 0.4) is 0 Å². The van der Waals surface area contributed by atoms with Crippen LogP contribution >= 0.6 is 0 Å². The lowest BCUT2D eigenvalue weighted by atomic mass is 10.1. The first kappa shape index (κ1) is 16.4. The van der Waals surface area contributed by atoms with Gasteiger partial charge in [0, 0.05) is 32.4 Å². The summed E-state index contributed by atoms with van der Waals surface area (Å²) in [6, 6.07) is 1.21. The first-order valence-electron chi connectivity index (χ1n) is 5.92. The Morgan fingerprint density at radius 1 is 1.35 bits per heavy atom. The van der Waals surface area contributed by atoms with Gasteiger partial charge in [-0.05, 0) is 19.4 Å². The maximum atomic E-state index is 11.9. The molecule has 1 heterocycles. The van der Waals surface area contributed by atoms with Crippen molar-refractivity contribution in [2.45, 2.75) is 20.4 Å². The van der Waals surface area contributed by atoms with E-state index >= 15 is 0 Å². The highest BCUT2D eigenvalue weighted by molar-refractivity contribution is 7.89. The molecule has 0 saturated heterocycles. The van der Waals surface area contributed by atoms with Gasteiger partial charge in [-0.1, -0.05) is 0 Å². The normalized spacial score (nSPS) is 11.8. The number of hydrogen-bond donors (Lipinski definition) is 1. The highest BCUT2D eigenvalue weighted by Gasteiger charge is 2.18. The van der Waals surface area contributed by atoms with Crippen LogP contribution in [0.15, 0.2) is 10.9 Å². The summed E-state index contributed by atoms with van der Waals surface area (Å²) in [5.74, 6) is -1.40. The Bertz CT molecular complexity index is 689. The molecule has 0 bridgehead atoms. The number of nitrogens with zero attached hydrogens (tertiary/aromatic N) is 2. The minimum atomic E-state index is -3.45. The highest BCUT2D eigenvalue weighted by Crippen LogP contribution is 2.11. The molecule has 1 N–H and O–H groups in total. The summed E-state index contributed by atoms with van der Waals surface area (Å²) in [5, 5.41) is 9.14. The van der Waals surface area contributed by atoms with Crippen LogP contribution < -0.4 is 5.56 Å². The molecule has 8 heteroatoms. The maximum absolute atomic E-state index is 11.9. The first-order chi connectivity index (χ1) is 9.08. The van der Waals surface area contributed by atoms with E-state index in [1.165, 1.54) is 31.7 Å². The average molecular weight is 302 g/mol. The number of aryl methyl sites for hydroxylation is 1. The van der Waals surface area contributed by atoms with Gasteiger partial charge in [0.2, 0.25) is 10.0 Å². The fourth-order valence-corrected chi connectivity index (χ4v) is 2.69. The molecule has 0 fully saturated rings. The van der Waals surface area contributed by atoms with Crippen LogP contribution in [-0.2, 0) is 16.6 Å². The van der Waals surface area contributed by atoms with Gasteiger partial charge in [0.15, 0.2) is 0 Å². The number of pyridine rings is 1. The van der Waals surface area contributed by atoms with Crippen LogP contribution in [-0.4, -0.2) is 48.2 Å². The molecule has 1 rings (SSSR count). The van der Waals surface area contributed by atoms with E-state index in [9.17, 15) is 18.0 Å². The van der Waals surface area contributed by atoms with Gasteiger partial charge in [0.1, 0.15) is 0 Å². The molecule has 1 aromatic rings. The summed E-state index contributed by atoms with van der Waals surface area (Å²) < 4.78 is 25.7. The molecule has 0 radical (unpaired) electrons. The molecular weight excluding hydrogens is 284 g/mol. The van der Waals surface area contributed by atoms with Crippen molar-refractivity contribution in [2.75, 3.05) is 19.8 Å². The fourth-order valence-electron chi connectivity index (χ4n) is 1.91. The summed E-state index contributed by atoms with van der Waals surface area (Å²) in [4.78, 5) is 23.1. The molecular formula is C12H18N2O5S. The predicted octanol–water partition coefficient (Wildman–Crippen LogP) is 0.0547. The Labute approximate surface area is 117 Å². The van der Waals surface area contributed by atoms with Gasteiger partial charge in [-0.3, -0.25) is 4.79 Å². The quantitative estimate of drug-likeness (QED) is 0.829. The summed E-state index contributed by atoms with van der Waals surface area (Å²) >= 11 is 0. The Hall–Kier alpha value is -1.67. The van der Waals surface area contributed by atoms with Gasteiger partial charge < -0.3 is 9.67 Å². The molecule has 0 unspecified atom stereocenters. The molecule has 0 aliphatic rings. The summed E-state index contributed by atoms with van der Waals surface area (Å²) in [6.07, 6.45) is 0. The van der Waals surface area contributed by atoms with Gasteiger partial charge in [0.05, 0.1) is 11.3 Å². The van der Waals surface area contributed by atoms with Crippen LogP contribution in [0.5, 0.6) is 0 Å². The zero-order valence-corrected chi connectivity index (χ0v) is 12.7. The Morgan fingerprint density at radius 2 is 1.90 bits per heavy atom. The number of carboxylic acid groups (broad SMARTS) is 1. The van der Waals surface area contributed by atoms with Gasteiger partial charge in [0.25, 0.3) is 5.56 Å². The molecule has 20 heavy (non-hydrogen) atoms. The van der Waals surface area contributed by atoms with E-state index in [2.05, 4.69) is 0 Å². The summed E-state index contributed by atoms with van der Waals surface area (Å²) in [5.41, 5.74) is 0.258. The van der Waals surface area contributed by atoms with Crippen LogP contribution in [0.2, 0.25) is 0 Å². The molecule has 0 saturated carbocycles. The molecule has 1 aromatic heterocycles. The smallest absolute Gasteiger partial charge is 0.337 e. The first-order valence-corrected chi connectivity index (χ1v) is 7.53. The lowest BCUT2D eigenvalue weighted by molar-refractivity contribution is 0.0694. The second kappa shape index (κ2) is 5.76. The van der Waals surface area contributed by atoms with E-state index in [0.717, 1.165) is 4.31 Å². The van der Waals surface area contributed by atoms with Crippen molar-refractivity contribution >= 4 is 16.0 Å². The van der Waals surface area contributed by atoms with Crippen molar-refractivity contribution in [2.24, 2.45) is 0 Å². The second-order valence-corrected chi connectivity index (χ2v) is 6.98. The molecule has 0 aliphatic carbocycles. The van der Waals surface area contributed by atoms with Crippen molar-refractivity contribution in [3.63, 3.8) is 0 Å². The largest absolute Gasteiger partial charge is 0.478 e. The second-order valence-electron chi connectivity index (χ2n) is 4.68. The van der Waals surface area contributed by atoms with Crippen molar-refractivity contribution in [1.29, 1.82) is 0 Å². The molecule has 7 nitrogen and oxygen atoms in total. The van der Waals surface area contributed by atoms with E-state index in [-0.39, 0.29) is 23.6 Å². The van der Waals surface area contributed by atoms with Crippen molar-refractivity contribution in [1.82, 2.24) is 8.87 Å². The third-order valence-corrected chi connectivity index (χ3v) is 4.92. The van der Waals surface area contributed by atoms with Gasteiger partial charge in [-0.15, -0.1) is 0 Å². The highest BCUT2D eigenvalue weighted by atomic mass is 32.2. The number of hydrogen-bond acceptors (Lipinski definition) is 4. The molecule has 112 valence electrons. The Kier molecular flexibility index (Phi) is 4.72. The topological polar surface area (TPSA) is 96.7 Å². The summed E-state index contributed by atoms with van der Waals surface area (Å²) in [6.45, 7) is 2.96. The van der Waals surface area contributed by atoms with Gasteiger partial charge in [-0.25, -0.2) is 17.5 Å². The molecule has 0 amide bonds. The molecule has 0 spiro atoms. The summed E-state index contributed by atoms with van der Waals surface area (Å²) in [7, 11) is -0.636. The Morgan fingerprint density at radius 3 is 2.35 bits per heavy atom. The minimum absolute atomic E-state index is 0.0341. The maximum Gasteiger partial charge on any atom is 0.337 e. The number of carbonyl (C=O) groups is 1. The van der Waals surface area contributed by atoms with E-state index in [4.69, 9.17) is 5.11 Å². The van der Waals surface area contributed by atoms with Crippen molar-refractivity contribution in [3.8, 4) is 0 Å². The van der Waals surface area contributed by atoms with Crippen LogP contribution in [0.4, 0.5) is 0 Å². The standard InChI is InChI=1S/C12H18N2O5S/c1-8-7-10(15)14(9(2)11(8)12(16)17)5-6-20(18,19)13(3)4/h7H,5-6H2,1-4H3,(H,16,17). The van der Waals surface area contributed by atoms with Crippen LogP contribution in [0.25, 0.3) is 0 Å². The number of carboxylic acids is 1. The monoisotopic (exact) mass is 302 g/mol. The lowest BCUT2D eigenvalue weighted by Crippen LogP contribution is -2.32. The molecule has 0 atom stereocenters. The van der Waals surface area contributed by atoms with Crippen molar-refractivity contribution in [3.05, 3.63) is 33.2 Å². The van der Waals surface area contributed by atoms with E-state index in [1.54, 1.807) is 6.92 Å². The third kappa shape index (κ3) is 3.26. The van der Waals surface area contributed by atoms with Crippen LogP contribution in [0.1, 0.15) is 21.6 Å². The average Bonchev–Trinajstić information content (AvgIpc) is 2.26. The fraction of sp³-hybridized carbons (Fsp3) is 0.500. The Balaban J connectivity index is 3.24. The molecule has 0 aliphatic heterocycles. The molecule has 0 aromatic carbocycles.